The summed E-state index contributed by atoms with van der Waals surface area (Å²) in [5.74, 6) is 2.16. The summed E-state index contributed by atoms with van der Waals surface area (Å²) in [7, 11) is 0. The fourth-order valence-corrected chi connectivity index (χ4v) is 8.66. The molecule has 4 fully saturated rings. The number of benzene rings is 2. The van der Waals surface area contributed by atoms with Crippen LogP contribution < -0.4 is 30.9 Å². The molecule has 6 heterocycles. The molecule has 4 aliphatic heterocycles. The molecule has 1 atom stereocenters. The van der Waals surface area contributed by atoms with Crippen molar-refractivity contribution in [3.63, 3.8) is 0 Å². The molecule has 0 radical (unpaired) electrons. The van der Waals surface area contributed by atoms with Gasteiger partial charge in [-0.2, -0.15) is 9.97 Å². The Balaban J connectivity index is 0.836. The lowest BCUT2D eigenvalue weighted by Crippen LogP contribution is -2.47. The van der Waals surface area contributed by atoms with Gasteiger partial charge in [-0.05, 0) is 61.4 Å². The van der Waals surface area contributed by atoms with Crippen molar-refractivity contribution in [2.24, 2.45) is 5.92 Å². The number of halogens is 4. The summed E-state index contributed by atoms with van der Waals surface area (Å²) in [5.41, 5.74) is 3.11. The number of rotatable bonds is 17. The number of hydrogen-bond donors (Lipinski definition) is 4. The monoisotopic (exact) mass is 990 g/mol. The van der Waals surface area contributed by atoms with Gasteiger partial charge in [0.15, 0.2) is 23.2 Å². The molecule has 61 heavy (non-hydrogen) atoms. The van der Waals surface area contributed by atoms with Crippen molar-refractivity contribution in [3.05, 3.63) is 70.2 Å². The van der Waals surface area contributed by atoms with Gasteiger partial charge in [-0.3, -0.25) is 9.80 Å². The minimum Gasteiger partial charge on any atom is -0.487 e. The quantitative estimate of drug-likeness (QED) is 0.0621. The van der Waals surface area contributed by atoms with Crippen LogP contribution in [-0.4, -0.2) is 137 Å². The third-order valence-corrected chi connectivity index (χ3v) is 13.1. The van der Waals surface area contributed by atoms with Gasteiger partial charge in [0.25, 0.3) is 0 Å². The number of hydrogen-bond acceptors (Lipinski definition) is 15. The predicted molar refractivity (Wildman–Crippen MR) is 248 cm³/mol. The second kappa shape index (κ2) is 21.7. The molecule has 0 spiro atoms. The Hall–Kier alpha value is -3.56. The Morgan fingerprint density at radius 3 is 2.13 bits per heavy atom. The summed E-state index contributed by atoms with van der Waals surface area (Å²) < 4.78 is 36.3. The van der Waals surface area contributed by atoms with E-state index in [0.717, 1.165) is 117 Å². The second-order valence-corrected chi connectivity index (χ2v) is 18.0. The van der Waals surface area contributed by atoms with Crippen molar-refractivity contribution in [2.75, 3.05) is 125 Å². The molecule has 8 rings (SSSR count). The van der Waals surface area contributed by atoms with Crippen LogP contribution in [0.1, 0.15) is 31.2 Å². The SMILES string of the molecule is Fc1c(N2CCN(I)CC2)ccc(Nc2ncc(Cl)c(NCC3CCOCC3)n2)c1OCCN1CCN(Cc2ccc(Nc3ncc(Cl)c(NCC4CCCO4)n3)cc2)CC1. The maximum absolute atomic E-state index is 16.5. The van der Waals surface area contributed by atoms with Crippen LogP contribution in [0.3, 0.4) is 0 Å². The van der Waals surface area contributed by atoms with Crippen LogP contribution in [0.25, 0.3) is 0 Å². The highest BCUT2D eigenvalue weighted by atomic mass is 127. The number of anilines is 7. The van der Waals surface area contributed by atoms with Gasteiger partial charge in [-0.1, -0.05) is 35.3 Å². The van der Waals surface area contributed by atoms with E-state index in [4.69, 9.17) is 37.4 Å². The summed E-state index contributed by atoms with van der Waals surface area (Å²) in [6.45, 7) is 12.3. The fourth-order valence-electron chi connectivity index (χ4n) is 7.91. The van der Waals surface area contributed by atoms with Gasteiger partial charge < -0.3 is 40.4 Å². The minimum absolute atomic E-state index is 0.162. The number of ether oxygens (including phenoxy) is 3. The van der Waals surface area contributed by atoms with Crippen LogP contribution in [0.2, 0.25) is 10.0 Å². The zero-order valence-corrected chi connectivity index (χ0v) is 37.9. The standard InChI is InChI=1S/C42H54Cl2FIN12O3/c43-33-27-50-42(54-39(33)47-24-29-9-21-59-22-10-29)52-35-7-8-36(57-15-17-58(46)18-16-57)37(45)38(35)61-23-19-55-11-13-56(14-12-55)28-30-3-5-31(6-4-30)51-41-49-26-34(44)40(53-41)48-25-32-2-1-20-60-32/h3-8,26-27,29,32H,1-2,9-25,28H2,(H2,47,50,52,54)(H2,48,49,51,53). The summed E-state index contributed by atoms with van der Waals surface area (Å²) >= 11 is 15.2. The van der Waals surface area contributed by atoms with Crippen molar-refractivity contribution in [1.29, 1.82) is 0 Å². The van der Waals surface area contributed by atoms with Crippen LogP contribution in [0, 0.1) is 11.7 Å². The third-order valence-electron chi connectivity index (χ3n) is 11.5. The number of nitrogens with one attached hydrogen (secondary N) is 4. The molecule has 2 aromatic carbocycles. The molecule has 19 heteroatoms. The maximum atomic E-state index is 16.5. The first-order chi connectivity index (χ1) is 29.8. The van der Waals surface area contributed by atoms with Crippen LogP contribution in [0.5, 0.6) is 5.75 Å². The van der Waals surface area contributed by atoms with E-state index < -0.39 is 5.82 Å². The van der Waals surface area contributed by atoms with Crippen molar-refractivity contribution in [3.8, 4) is 5.75 Å². The Bertz CT molecular complexity index is 2030. The lowest BCUT2D eigenvalue weighted by molar-refractivity contribution is 0.0699. The van der Waals surface area contributed by atoms with E-state index in [1.807, 2.05) is 24.3 Å². The van der Waals surface area contributed by atoms with E-state index in [0.29, 0.717) is 70.6 Å². The van der Waals surface area contributed by atoms with Gasteiger partial charge >= 0.3 is 0 Å². The highest BCUT2D eigenvalue weighted by Gasteiger charge is 2.25. The molecule has 0 aliphatic carbocycles. The zero-order valence-electron chi connectivity index (χ0n) is 34.2. The largest absolute Gasteiger partial charge is 0.487 e. The van der Waals surface area contributed by atoms with Crippen LogP contribution in [-0.2, 0) is 16.0 Å². The van der Waals surface area contributed by atoms with Crippen molar-refractivity contribution in [1.82, 2.24) is 32.8 Å². The molecule has 4 N–H and O–H groups in total. The first-order valence-electron chi connectivity index (χ1n) is 21.2. The van der Waals surface area contributed by atoms with Gasteiger partial charge in [0, 0.05) is 127 Å². The van der Waals surface area contributed by atoms with E-state index in [1.54, 1.807) is 12.4 Å². The number of nitrogens with zero attached hydrogens (tertiary/aromatic N) is 8. The molecule has 15 nitrogen and oxygen atoms in total. The maximum Gasteiger partial charge on any atom is 0.229 e. The molecule has 4 saturated heterocycles. The van der Waals surface area contributed by atoms with Gasteiger partial charge in [0.1, 0.15) is 16.7 Å². The Labute approximate surface area is 380 Å². The summed E-state index contributed by atoms with van der Waals surface area (Å²) in [5, 5.41) is 14.1. The van der Waals surface area contributed by atoms with Crippen LogP contribution in [0.15, 0.2) is 48.8 Å². The van der Waals surface area contributed by atoms with E-state index in [9.17, 15) is 0 Å². The van der Waals surface area contributed by atoms with Crippen molar-refractivity contribution < 1.29 is 18.6 Å². The highest BCUT2D eigenvalue weighted by molar-refractivity contribution is 14.1. The summed E-state index contributed by atoms with van der Waals surface area (Å²) in [4.78, 5) is 24.9. The molecular weight excluding hydrogens is 937 g/mol. The number of aromatic nitrogens is 4. The van der Waals surface area contributed by atoms with Crippen molar-refractivity contribution in [2.45, 2.75) is 38.3 Å². The molecule has 328 valence electrons. The van der Waals surface area contributed by atoms with Crippen LogP contribution in [0.4, 0.5) is 45.0 Å². The molecule has 1 unspecified atom stereocenters. The third kappa shape index (κ3) is 12.3. The number of piperazine rings is 2. The normalized spacial score (nSPS) is 19.5. The predicted octanol–water partition coefficient (Wildman–Crippen LogP) is 7.30. The molecular formula is C42H54Cl2FIN12O3. The molecule has 0 saturated carbocycles. The van der Waals surface area contributed by atoms with Crippen molar-refractivity contribution >= 4 is 86.7 Å². The minimum atomic E-state index is -0.391. The molecule has 4 aliphatic rings. The average Bonchev–Trinajstić information content (AvgIpc) is 3.81. The first-order valence-corrected chi connectivity index (χ1v) is 23.0. The smallest absolute Gasteiger partial charge is 0.229 e. The lowest BCUT2D eigenvalue weighted by atomic mass is 10.0. The fraction of sp³-hybridized carbons (Fsp3) is 0.524. The highest BCUT2D eigenvalue weighted by Crippen LogP contribution is 2.37. The van der Waals surface area contributed by atoms with E-state index in [2.05, 4.69) is 94.0 Å². The van der Waals surface area contributed by atoms with E-state index >= 15 is 4.39 Å². The van der Waals surface area contributed by atoms with Gasteiger partial charge in [-0.15, -0.1) is 0 Å². The van der Waals surface area contributed by atoms with Gasteiger partial charge in [-0.25, -0.2) is 17.5 Å². The summed E-state index contributed by atoms with van der Waals surface area (Å²) in [6.07, 6.45) is 7.44. The molecule has 4 aromatic rings. The first kappa shape index (κ1) is 44.1. The zero-order chi connectivity index (χ0) is 42.0. The molecule has 2 aromatic heterocycles. The lowest BCUT2D eigenvalue weighted by Gasteiger charge is -2.35. The average molecular weight is 992 g/mol. The van der Waals surface area contributed by atoms with E-state index in [1.165, 1.54) is 5.56 Å². The Morgan fingerprint density at radius 2 is 1.44 bits per heavy atom. The van der Waals surface area contributed by atoms with Crippen LogP contribution >= 0.6 is 46.1 Å². The Morgan fingerprint density at radius 1 is 0.770 bits per heavy atom. The molecule has 0 bridgehead atoms. The molecule has 0 amide bonds. The van der Waals surface area contributed by atoms with E-state index in [-0.39, 0.29) is 11.9 Å². The topological polar surface area (TPSA) is 140 Å². The van der Waals surface area contributed by atoms with Gasteiger partial charge in [0.05, 0.1) is 29.9 Å². The van der Waals surface area contributed by atoms with Gasteiger partial charge in [0.2, 0.25) is 11.9 Å². The summed E-state index contributed by atoms with van der Waals surface area (Å²) in [6, 6.07) is 12.0. The second-order valence-electron chi connectivity index (χ2n) is 15.8. The Kier molecular flexibility index (Phi) is 15.7.